The smallest absolute Gasteiger partial charge is 0.221 e. The average molecular weight is 436 g/mol. The minimum Gasteiger partial charge on any atom is -0.385 e. The van der Waals surface area contributed by atoms with Crippen LogP contribution in [0.5, 0.6) is 0 Å². The van der Waals surface area contributed by atoms with Gasteiger partial charge in [0.05, 0.1) is 0 Å². The molecule has 32 heavy (non-hydrogen) atoms. The molecule has 0 spiro atoms. The van der Waals surface area contributed by atoms with E-state index in [9.17, 15) is 0 Å². The third-order valence-electron chi connectivity index (χ3n) is 5.40. The number of nitrogens with two attached hydrogens (primary N) is 1. The summed E-state index contributed by atoms with van der Waals surface area (Å²) in [7, 11) is 0. The normalized spacial score (nSPS) is 12.9. The molecule has 0 bridgehead atoms. The number of aryl methyl sites for hydroxylation is 1. The Hall–Kier alpha value is -2.82. The van der Waals surface area contributed by atoms with Crippen molar-refractivity contribution in [2.24, 2.45) is 0 Å². The van der Waals surface area contributed by atoms with Crippen LogP contribution >= 0.6 is 0 Å². The van der Waals surface area contributed by atoms with Crippen molar-refractivity contribution in [2.75, 3.05) is 12.3 Å². The molecule has 0 radical (unpaired) electrons. The number of fused-ring (bicyclic) bond motifs is 1. The maximum absolute atomic E-state index is 5.63. The SMILES string of the molecule is C1CCCCC1.C=C(NCCC)c1ccc(-c2c[nH]c3nc(N)ncc23)cc1C.CCC. The Morgan fingerprint density at radius 3 is 2.28 bits per heavy atom. The van der Waals surface area contributed by atoms with Crippen molar-refractivity contribution in [1.29, 1.82) is 0 Å². The van der Waals surface area contributed by atoms with Gasteiger partial charge in [0.2, 0.25) is 5.95 Å². The zero-order chi connectivity index (χ0) is 23.3. The van der Waals surface area contributed by atoms with Crippen molar-refractivity contribution >= 4 is 22.7 Å². The summed E-state index contributed by atoms with van der Waals surface area (Å²) >= 11 is 0. The second kappa shape index (κ2) is 13.6. The Kier molecular flexibility index (Phi) is 10.8. The van der Waals surface area contributed by atoms with E-state index in [0.29, 0.717) is 0 Å². The standard InChI is InChI=1S/C18H21N5.C6H12.C3H8/c1-4-7-20-12(3)14-6-5-13(8-11(14)2)15-9-21-17-16(15)10-22-18(19)23-17;1-2-4-6-5-3-1;1-3-2/h5-6,8-10,20H,3-4,7H2,1-2H3,(H3,19,21,22,23);1-6H2;3H2,1-2H3. The van der Waals surface area contributed by atoms with Gasteiger partial charge in [-0.3, -0.25) is 0 Å². The van der Waals surface area contributed by atoms with Gasteiger partial charge in [0, 0.05) is 35.6 Å². The Balaban J connectivity index is 0.000000339. The fraction of sp³-hybridized carbons (Fsp3) is 0.481. The van der Waals surface area contributed by atoms with Gasteiger partial charge in [0.15, 0.2) is 0 Å². The second-order valence-electron chi connectivity index (χ2n) is 8.46. The molecule has 2 aromatic heterocycles. The minimum absolute atomic E-state index is 0.274. The molecule has 2 heterocycles. The van der Waals surface area contributed by atoms with Gasteiger partial charge < -0.3 is 16.0 Å². The molecule has 5 nitrogen and oxygen atoms in total. The highest BCUT2D eigenvalue weighted by molar-refractivity contribution is 5.93. The number of anilines is 1. The molecule has 0 amide bonds. The third kappa shape index (κ3) is 7.40. The van der Waals surface area contributed by atoms with Crippen LogP contribution in [0.1, 0.15) is 83.3 Å². The predicted octanol–water partition coefficient (Wildman–Crippen LogP) is 7.24. The molecule has 4 N–H and O–H groups in total. The van der Waals surface area contributed by atoms with E-state index in [1.54, 1.807) is 6.20 Å². The van der Waals surface area contributed by atoms with E-state index in [-0.39, 0.29) is 5.95 Å². The fourth-order valence-electron chi connectivity index (χ4n) is 3.76. The van der Waals surface area contributed by atoms with Crippen LogP contribution in [0.2, 0.25) is 0 Å². The van der Waals surface area contributed by atoms with Gasteiger partial charge in [0.25, 0.3) is 0 Å². The van der Waals surface area contributed by atoms with E-state index in [4.69, 9.17) is 5.73 Å². The predicted molar refractivity (Wildman–Crippen MR) is 139 cm³/mol. The van der Waals surface area contributed by atoms with Crippen LogP contribution in [0.25, 0.3) is 27.9 Å². The number of aromatic amines is 1. The van der Waals surface area contributed by atoms with Crippen LogP contribution in [0.4, 0.5) is 5.95 Å². The summed E-state index contributed by atoms with van der Waals surface area (Å²) in [6, 6.07) is 6.36. The summed E-state index contributed by atoms with van der Waals surface area (Å²) in [6.07, 6.45) is 15.0. The van der Waals surface area contributed by atoms with Crippen molar-refractivity contribution in [3.63, 3.8) is 0 Å². The molecule has 4 rings (SSSR count). The van der Waals surface area contributed by atoms with Crippen molar-refractivity contribution in [3.05, 3.63) is 48.3 Å². The van der Waals surface area contributed by atoms with Crippen molar-refractivity contribution < 1.29 is 0 Å². The van der Waals surface area contributed by atoms with Gasteiger partial charge in [0.1, 0.15) is 5.65 Å². The lowest BCUT2D eigenvalue weighted by Crippen LogP contribution is -2.12. The van der Waals surface area contributed by atoms with Crippen LogP contribution in [-0.4, -0.2) is 21.5 Å². The average Bonchev–Trinajstić information content (AvgIpc) is 3.22. The minimum atomic E-state index is 0.274. The number of rotatable bonds is 5. The van der Waals surface area contributed by atoms with Crippen molar-refractivity contribution in [1.82, 2.24) is 20.3 Å². The van der Waals surface area contributed by atoms with E-state index in [1.807, 2.05) is 6.20 Å². The molecule has 5 heteroatoms. The highest BCUT2D eigenvalue weighted by Gasteiger charge is 2.10. The Labute approximate surface area is 193 Å². The van der Waals surface area contributed by atoms with Gasteiger partial charge >= 0.3 is 0 Å². The fourth-order valence-corrected chi connectivity index (χ4v) is 3.76. The first-order valence-corrected chi connectivity index (χ1v) is 12.2. The first kappa shape index (κ1) is 25.4. The van der Waals surface area contributed by atoms with Crippen LogP contribution in [0, 0.1) is 6.92 Å². The maximum Gasteiger partial charge on any atom is 0.221 e. The van der Waals surface area contributed by atoms with E-state index < -0.39 is 0 Å². The lowest BCUT2D eigenvalue weighted by Gasteiger charge is -2.12. The van der Waals surface area contributed by atoms with E-state index >= 15 is 0 Å². The summed E-state index contributed by atoms with van der Waals surface area (Å²) in [5.74, 6) is 0.274. The lowest BCUT2D eigenvalue weighted by molar-refractivity contribution is 0.504. The lowest BCUT2D eigenvalue weighted by atomic mass is 9.99. The van der Waals surface area contributed by atoms with Gasteiger partial charge in [-0.2, -0.15) is 4.98 Å². The maximum atomic E-state index is 5.63. The van der Waals surface area contributed by atoms with Gasteiger partial charge in [-0.15, -0.1) is 0 Å². The number of benzene rings is 1. The molecule has 1 aliphatic rings. The molecular formula is C27H41N5. The molecule has 1 aromatic carbocycles. The number of hydrogen-bond donors (Lipinski definition) is 3. The number of hydrogen-bond acceptors (Lipinski definition) is 4. The van der Waals surface area contributed by atoms with E-state index in [2.05, 4.69) is 72.7 Å². The Morgan fingerprint density at radius 2 is 1.72 bits per heavy atom. The quantitative estimate of drug-likeness (QED) is 0.394. The molecule has 1 fully saturated rings. The molecule has 0 aliphatic heterocycles. The van der Waals surface area contributed by atoms with Crippen molar-refractivity contribution in [2.45, 2.75) is 79.1 Å². The highest BCUT2D eigenvalue weighted by atomic mass is 15.0. The van der Waals surface area contributed by atoms with Crippen LogP contribution in [0.15, 0.2) is 37.2 Å². The number of aromatic nitrogens is 3. The molecule has 1 saturated carbocycles. The molecule has 174 valence electrons. The zero-order valence-electron chi connectivity index (χ0n) is 20.4. The second-order valence-corrected chi connectivity index (χ2v) is 8.46. The molecule has 3 aromatic rings. The molecule has 0 unspecified atom stereocenters. The zero-order valence-corrected chi connectivity index (χ0v) is 20.4. The summed E-state index contributed by atoms with van der Waals surface area (Å²) < 4.78 is 0. The van der Waals surface area contributed by atoms with Gasteiger partial charge in [-0.05, 0) is 30.0 Å². The summed E-state index contributed by atoms with van der Waals surface area (Å²) in [4.78, 5) is 11.5. The monoisotopic (exact) mass is 435 g/mol. The number of nitrogens with one attached hydrogen (secondary N) is 2. The highest BCUT2D eigenvalue weighted by Crippen LogP contribution is 2.30. The number of nitrogen functional groups attached to an aromatic ring is 1. The number of nitrogens with zero attached hydrogens (tertiary/aromatic N) is 2. The van der Waals surface area contributed by atoms with Gasteiger partial charge in [-0.25, -0.2) is 4.98 Å². The van der Waals surface area contributed by atoms with Crippen LogP contribution in [0.3, 0.4) is 0 Å². The third-order valence-corrected chi connectivity index (χ3v) is 5.40. The molecular weight excluding hydrogens is 394 g/mol. The molecule has 0 saturated heterocycles. The Morgan fingerprint density at radius 1 is 1.09 bits per heavy atom. The van der Waals surface area contributed by atoms with Gasteiger partial charge in [-0.1, -0.05) is 90.5 Å². The van der Waals surface area contributed by atoms with E-state index in [1.165, 1.54) is 50.5 Å². The summed E-state index contributed by atoms with van der Waals surface area (Å²) in [6.45, 7) is 13.5. The van der Waals surface area contributed by atoms with Crippen molar-refractivity contribution in [3.8, 4) is 11.1 Å². The van der Waals surface area contributed by atoms with E-state index in [0.717, 1.165) is 46.4 Å². The first-order chi connectivity index (χ1) is 15.5. The number of H-pyrrole nitrogens is 1. The molecule has 1 aliphatic carbocycles. The molecule has 0 atom stereocenters. The summed E-state index contributed by atoms with van der Waals surface area (Å²) in [5.41, 5.74) is 11.9. The van der Waals surface area contributed by atoms with Crippen LogP contribution < -0.4 is 11.1 Å². The Bertz CT molecular complexity index is 958. The largest absolute Gasteiger partial charge is 0.385 e. The first-order valence-electron chi connectivity index (χ1n) is 12.2. The topological polar surface area (TPSA) is 79.6 Å². The van der Waals surface area contributed by atoms with Crippen LogP contribution in [-0.2, 0) is 0 Å². The summed E-state index contributed by atoms with van der Waals surface area (Å²) in [5, 5.41) is 4.31.